The van der Waals surface area contributed by atoms with Gasteiger partial charge in [0.2, 0.25) is 0 Å². The fourth-order valence-corrected chi connectivity index (χ4v) is 5.74. The van der Waals surface area contributed by atoms with E-state index in [0.717, 1.165) is 53.1 Å². The summed E-state index contributed by atoms with van der Waals surface area (Å²) in [5.41, 5.74) is 9.17. The molecule has 198 valence electrons. The Morgan fingerprint density at radius 3 is 2.66 bits per heavy atom. The van der Waals surface area contributed by atoms with Gasteiger partial charge >= 0.3 is 5.97 Å². The quantitative estimate of drug-likeness (QED) is 0.358. The van der Waals surface area contributed by atoms with Gasteiger partial charge in [-0.3, -0.25) is 9.69 Å². The molecule has 1 aliphatic rings. The predicted molar refractivity (Wildman–Crippen MR) is 149 cm³/mol. The highest BCUT2D eigenvalue weighted by atomic mass is 16.5. The molecule has 5 rings (SSSR count). The van der Waals surface area contributed by atoms with Crippen LogP contribution in [0.3, 0.4) is 0 Å². The molecular formula is C31H36N4O3. The largest absolute Gasteiger partial charge is 0.486 e. The lowest BCUT2D eigenvalue weighted by Crippen LogP contribution is -2.40. The lowest BCUT2D eigenvalue weighted by atomic mass is 9.84. The highest BCUT2D eigenvalue weighted by Crippen LogP contribution is 2.35. The lowest BCUT2D eigenvalue weighted by Gasteiger charge is -2.30. The average molecular weight is 513 g/mol. The second-order valence-electron chi connectivity index (χ2n) is 11.3. The summed E-state index contributed by atoms with van der Waals surface area (Å²) in [7, 11) is 1.87. The number of nitrogens with zero attached hydrogens (tertiary/aromatic N) is 4. The maximum Gasteiger partial charge on any atom is 0.304 e. The summed E-state index contributed by atoms with van der Waals surface area (Å²) in [4.78, 5) is 14.4. The standard InChI is InChI=1S/C31H36N4O3/c1-19-7-12-28-24(13-19)17-35(18-31(4,5)38-28)16-23-14-22(9-8-20(23)2)26(15-29(36)37)25-10-11-27-30(21(25)3)32-33-34(27)6/h7-14,26H,15-18H2,1-6H3,(H,36,37)/t26-/m1/s1. The zero-order chi connectivity index (χ0) is 27.2. The monoisotopic (exact) mass is 512 g/mol. The van der Waals surface area contributed by atoms with Crippen molar-refractivity contribution in [1.82, 2.24) is 19.9 Å². The summed E-state index contributed by atoms with van der Waals surface area (Å²) in [6.45, 7) is 12.8. The molecule has 7 heteroatoms. The minimum Gasteiger partial charge on any atom is -0.486 e. The van der Waals surface area contributed by atoms with Crippen molar-refractivity contribution in [3.8, 4) is 5.75 Å². The van der Waals surface area contributed by atoms with Gasteiger partial charge in [-0.15, -0.1) is 5.10 Å². The van der Waals surface area contributed by atoms with E-state index in [4.69, 9.17) is 4.74 Å². The first-order valence-corrected chi connectivity index (χ1v) is 13.1. The third-order valence-corrected chi connectivity index (χ3v) is 7.60. The fourth-order valence-electron chi connectivity index (χ4n) is 5.74. The Labute approximate surface area is 224 Å². The first kappa shape index (κ1) is 25.9. The molecule has 0 fully saturated rings. The van der Waals surface area contributed by atoms with Crippen molar-refractivity contribution in [3.63, 3.8) is 0 Å². The zero-order valence-electron chi connectivity index (χ0n) is 23.1. The van der Waals surface area contributed by atoms with E-state index in [1.54, 1.807) is 4.68 Å². The van der Waals surface area contributed by atoms with Gasteiger partial charge in [-0.2, -0.15) is 0 Å². The van der Waals surface area contributed by atoms with Crippen molar-refractivity contribution in [1.29, 1.82) is 0 Å². The number of ether oxygens (including phenoxy) is 1. The Morgan fingerprint density at radius 2 is 1.89 bits per heavy atom. The van der Waals surface area contributed by atoms with Gasteiger partial charge in [0.25, 0.3) is 0 Å². The van der Waals surface area contributed by atoms with E-state index in [9.17, 15) is 9.90 Å². The molecule has 7 nitrogen and oxygen atoms in total. The van der Waals surface area contributed by atoms with E-state index >= 15 is 0 Å². The van der Waals surface area contributed by atoms with Gasteiger partial charge in [0, 0.05) is 38.2 Å². The molecule has 0 saturated heterocycles. The SMILES string of the molecule is Cc1ccc2c(c1)CN(Cc1cc([C@@H](CC(=O)O)c3ccc4c(nnn4C)c3C)ccc1C)CC(C)(C)O2. The summed E-state index contributed by atoms with van der Waals surface area (Å²) in [6.07, 6.45) is 0.00630. The smallest absolute Gasteiger partial charge is 0.304 e. The van der Waals surface area contributed by atoms with E-state index in [0.29, 0.717) is 0 Å². The molecule has 2 heterocycles. The Bertz CT molecular complexity index is 1520. The molecule has 0 aliphatic carbocycles. The fraction of sp³-hybridized carbons (Fsp3) is 0.387. The van der Waals surface area contributed by atoms with Crippen molar-refractivity contribution in [2.45, 2.75) is 65.6 Å². The molecule has 0 saturated carbocycles. The number of carbonyl (C=O) groups is 1. The van der Waals surface area contributed by atoms with Gasteiger partial charge in [-0.1, -0.05) is 47.2 Å². The van der Waals surface area contributed by atoms with Crippen LogP contribution >= 0.6 is 0 Å². The van der Waals surface area contributed by atoms with Crippen LogP contribution in [-0.2, 0) is 24.9 Å². The van der Waals surface area contributed by atoms with Crippen molar-refractivity contribution in [2.75, 3.05) is 6.54 Å². The van der Waals surface area contributed by atoms with Crippen molar-refractivity contribution in [3.05, 3.63) is 87.5 Å². The number of hydrogen-bond donors (Lipinski definition) is 1. The van der Waals surface area contributed by atoms with Gasteiger partial charge in [0.05, 0.1) is 11.9 Å². The number of aliphatic carboxylic acids is 1. The van der Waals surface area contributed by atoms with Crippen LogP contribution in [0.1, 0.15) is 65.1 Å². The molecule has 0 radical (unpaired) electrons. The van der Waals surface area contributed by atoms with Crippen LogP contribution in [0.2, 0.25) is 0 Å². The Hall–Kier alpha value is -3.71. The van der Waals surface area contributed by atoms with Crippen LogP contribution in [0.25, 0.3) is 11.0 Å². The van der Waals surface area contributed by atoms with E-state index in [1.165, 1.54) is 22.3 Å². The molecule has 0 bridgehead atoms. The maximum absolute atomic E-state index is 12.0. The van der Waals surface area contributed by atoms with Crippen LogP contribution in [0, 0.1) is 20.8 Å². The Balaban J connectivity index is 1.51. The summed E-state index contributed by atoms with van der Waals surface area (Å²) in [5, 5.41) is 18.3. The number of aryl methyl sites for hydroxylation is 4. The number of benzene rings is 3. The molecule has 0 unspecified atom stereocenters. The number of hydrogen-bond acceptors (Lipinski definition) is 5. The minimum absolute atomic E-state index is 0.00630. The van der Waals surface area contributed by atoms with Crippen LogP contribution in [0.4, 0.5) is 0 Å². The number of fused-ring (bicyclic) bond motifs is 2. The summed E-state index contributed by atoms with van der Waals surface area (Å²) in [6, 6.07) is 16.8. The van der Waals surface area contributed by atoms with E-state index in [-0.39, 0.29) is 17.9 Å². The Kier molecular flexibility index (Phi) is 6.73. The topological polar surface area (TPSA) is 80.5 Å². The van der Waals surface area contributed by atoms with Crippen molar-refractivity contribution >= 4 is 17.0 Å². The van der Waals surface area contributed by atoms with E-state index in [1.807, 2.05) is 26.1 Å². The third-order valence-electron chi connectivity index (χ3n) is 7.60. The number of carboxylic acids is 1. The van der Waals surface area contributed by atoms with Crippen molar-refractivity contribution < 1.29 is 14.6 Å². The second kappa shape index (κ2) is 9.87. The van der Waals surface area contributed by atoms with Gasteiger partial charge in [-0.05, 0) is 74.6 Å². The second-order valence-corrected chi connectivity index (χ2v) is 11.3. The summed E-state index contributed by atoms with van der Waals surface area (Å²) < 4.78 is 8.14. The van der Waals surface area contributed by atoms with Crippen molar-refractivity contribution in [2.24, 2.45) is 7.05 Å². The number of rotatable bonds is 6. The first-order chi connectivity index (χ1) is 18.0. The lowest BCUT2D eigenvalue weighted by molar-refractivity contribution is -0.137. The highest BCUT2D eigenvalue weighted by molar-refractivity contribution is 5.80. The summed E-state index contributed by atoms with van der Waals surface area (Å²) in [5.74, 6) is -0.162. The molecule has 38 heavy (non-hydrogen) atoms. The van der Waals surface area contributed by atoms with Gasteiger partial charge in [0.1, 0.15) is 16.9 Å². The predicted octanol–water partition coefficient (Wildman–Crippen LogP) is 5.67. The third kappa shape index (κ3) is 5.16. The van der Waals surface area contributed by atoms with E-state index < -0.39 is 5.97 Å². The summed E-state index contributed by atoms with van der Waals surface area (Å²) >= 11 is 0. The van der Waals surface area contributed by atoms with Gasteiger partial charge in [0.15, 0.2) is 0 Å². The highest BCUT2D eigenvalue weighted by Gasteiger charge is 2.30. The molecule has 0 amide bonds. The average Bonchev–Trinajstić information content (AvgIpc) is 3.16. The van der Waals surface area contributed by atoms with Crippen LogP contribution in [0.15, 0.2) is 48.5 Å². The maximum atomic E-state index is 12.0. The molecule has 1 atom stereocenters. The molecule has 0 spiro atoms. The van der Waals surface area contributed by atoms with Crippen LogP contribution in [0.5, 0.6) is 5.75 Å². The number of carboxylic acid groups (broad SMARTS) is 1. The molecule has 3 aromatic carbocycles. The molecule has 4 aromatic rings. The van der Waals surface area contributed by atoms with E-state index in [2.05, 4.69) is 79.3 Å². The molecule has 1 N–H and O–H groups in total. The van der Waals surface area contributed by atoms with Gasteiger partial charge < -0.3 is 9.84 Å². The molecule has 1 aromatic heterocycles. The van der Waals surface area contributed by atoms with Gasteiger partial charge in [-0.25, -0.2) is 4.68 Å². The number of aromatic nitrogens is 3. The van der Waals surface area contributed by atoms with Crippen LogP contribution < -0.4 is 4.74 Å². The zero-order valence-corrected chi connectivity index (χ0v) is 23.1. The van der Waals surface area contributed by atoms with Crippen LogP contribution in [-0.4, -0.2) is 43.1 Å². The normalized spacial score (nSPS) is 16.1. The minimum atomic E-state index is -0.825. The molecule has 1 aliphatic heterocycles. The Morgan fingerprint density at radius 1 is 1.11 bits per heavy atom. The first-order valence-electron chi connectivity index (χ1n) is 13.1. The molecular weight excluding hydrogens is 476 g/mol.